The molecule has 0 aliphatic heterocycles. The molecule has 0 unspecified atom stereocenters. The van der Waals surface area contributed by atoms with E-state index in [1.54, 1.807) is 0 Å². The van der Waals surface area contributed by atoms with Gasteiger partial charge in [-0.1, -0.05) is 12.8 Å². The van der Waals surface area contributed by atoms with Gasteiger partial charge < -0.3 is 9.88 Å². The first-order valence-corrected chi connectivity index (χ1v) is 5.77. The van der Waals surface area contributed by atoms with Crippen molar-refractivity contribution in [1.82, 2.24) is 9.88 Å². The fourth-order valence-electron chi connectivity index (χ4n) is 2.30. The lowest BCUT2D eigenvalue weighted by Crippen LogP contribution is -2.26. The molecule has 2 heteroatoms. The summed E-state index contributed by atoms with van der Waals surface area (Å²) in [5.41, 5.74) is 1.42. The molecule has 1 fully saturated rings. The second kappa shape index (κ2) is 4.65. The molecule has 0 saturated heterocycles. The van der Waals surface area contributed by atoms with Crippen LogP contribution >= 0.6 is 0 Å². The summed E-state index contributed by atoms with van der Waals surface area (Å²) in [5.74, 6) is 0. The van der Waals surface area contributed by atoms with Crippen LogP contribution in [0.15, 0.2) is 18.3 Å². The Morgan fingerprint density at radius 3 is 2.93 bits per heavy atom. The van der Waals surface area contributed by atoms with E-state index in [2.05, 4.69) is 35.1 Å². The van der Waals surface area contributed by atoms with Crippen LogP contribution < -0.4 is 5.32 Å². The van der Waals surface area contributed by atoms with Crippen molar-refractivity contribution in [2.75, 3.05) is 0 Å². The molecule has 2 nitrogen and oxygen atoms in total. The minimum absolute atomic E-state index is 0.773. The molecule has 1 heterocycles. The second-order valence-corrected chi connectivity index (χ2v) is 4.15. The first-order chi connectivity index (χ1) is 6.90. The van der Waals surface area contributed by atoms with Crippen molar-refractivity contribution < 1.29 is 0 Å². The SMILES string of the molecule is CCn1cccc1CNC1CCCC1. The monoisotopic (exact) mass is 192 g/mol. The highest BCUT2D eigenvalue weighted by Gasteiger charge is 2.14. The van der Waals surface area contributed by atoms with Crippen LogP contribution in [-0.2, 0) is 13.1 Å². The second-order valence-electron chi connectivity index (χ2n) is 4.15. The highest BCUT2D eigenvalue weighted by atomic mass is 15.0. The smallest absolute Gasteiger partial charge is 0.0361 e. The number of rotatable bonds is 4. The zero-order valence-corrected chi connectivity index (χ0v) is 9.00. The summed E-state index contributed by atoms with van der Waals surface area (Å²) < 4.78 is 2.31. The van der Waals surface area contributed by atoms with Gasteiger partial charge >= 0.3 is 0 Å². The normalized spacial score (nSPS) is 17.8. The zero-order chi connectivity index (χ0) is 9.80. The van der Waals surface area contributed by atoms with Gasteiger partial charge in [-0.05, 0) is 31.9 Å². The Bertz CT molecular complexity index is 272. The van der Waals surface area contributed by atoms with Crippen LogP contribution in [0.25, 0.3) is 0 Å². The van der Waals surface area contributed by atoms with Gasteiger partial charge in [-0.25, -0.2) is 0 Å². The van der Waals surface area contributed by atoms with Crippen LogP contribution in [0, 0.1) is 0 Å². The van der Waals surface area contributed by atoms with E-state index in [1.807, 2.05) is 0 Å². The number of aryl methyl sites for hydroxylation is 1. The molecule has 0 atom stereocenters. The number of nitrogens with zero attached hydrogens (tertiary/aromatic N) is 1. The Morgan fingerprint density at radius 1 is 1.43 bits per heavy atom. The summed E-state index contributed by atoms with van der Waals surface area (Å²) in [5, 5.41) is 3.64. The quantitative estimate of drug-likeness (QED) is 0.775. The van der Waals surface area contributed by atoms with E-state index in [1.165, 1.54) is 31.4 Å². The van der Waals surface area contributed by atoms with Gasteiger partial charge in [0.05, 0.1) is 0 Å². The Kier molecular flexibility index (Phi) is 3.25. The molecule has 78 valence electrons. The molecule has 1 aromatic rings. The lowest BCUT2D eigenvalue weighted by Gasteiger charge is -2.13. The third kappa shape index (κ3) is 2.18. The van der Waals surface area contributed by atoms with Crippen LogP contribution in [0.4, 0.5) is 0 Å². The average molecular weight is 192 g/mol. The van der Waals surface area contributed by atoms with Gasteiger partial charge in [-0.2, -0.15) is 0 Å². The number of hydrogen-bond acceptors (Lipinski definition) is 1. The maximum atomic E-state index is 3.64. The summed E-state index contributed by atoms with van der Waals surface area (Å²) >= 11 is 0. The molecule has 1 aliphatic rings. The average Bonchev–Trinajstić information content (AvgIpc) is 2.85. The van der Waals surface area contributed by atoms with E-state index in [0.717, 1.165) is 19.1 Å². The van der Waals surface area contributed by atoms with Crippen LogP contribution in [-0.4, -0.2) is 10.6 Å². The number of hydrogen-bond donors (Lipinski definition) is 1. The van der Waals surface area contributed by atoms with Crippen molar-refractivity contribution in [2.45, 2.75) is 51.7 Å². The van der Waals surface area contributed by atoms with Gasteiger partial charge in [-0.15, -0.1) is 0 Å². The van der Waals surface area contributed by atoms with Gasteiger partial charge in [0.2, 0.25) is 0 Å². The molecule has 0 radical (unpaired) electrons. The summed E-state index contributed by atoms with van der Waals surface area (Å²) in [4.78, 5) is 0. The lowest BCUT2D eigenvalue weighted by molar-refractivity contribution is 0.508. The Morgan fingerprint density at radius 2 is 2.21 bits per heavy atom. The van der Waals surface area contributed by atoms with Crippen molar-refractivity contribution in [3.05, 3.63) is 24.0 Å². The molecule has 1 aliphatic carbocycles. The predicted octanol–water partition coefficient (Wildman–Crippen LogP) is 2.54. The van der Waals surface area contributed by atoms with E-state index in [9.17, 15) is 0 Å². The van der Waals surface area contributed by atoms with Crippen LogP contribution in [0.3, 0.4) is 0 Å². The third-order valence-electron chi connectivity index (χ3n) is 3.19. The summed E-state index contributed by atoms with van der Waals surface area (Å²) in [7, 11) is 0. The maximum absolute atomic E-state index is 3.64. The molecule has 14 heavy (non-hydrogen) atoms. The predicted molar refractivity (Wildman–Crippen MR) is 59.2 cm³/mol. The molecular weight excluding hydrogens is 172 g/mol. The Labute approximate surface area is 86.3 Å². The summed E-state index contributed by atoms with van der Waals surface area (Å²) in [6, 6.07) is 5.12. The van der Waals surface area contributed by atoms with Crippen molar-refractivity contribution in [3.8, 4) is 0 Å². The van der Waals surface area contributed by atoms with E-state index in [-0.39, 0.29) is 0 Å². The molecule has 1 aromatic heterocycles. The highest BCUT2D eigenvalue weighted by molar-refractivity contribution is 5.06. The van der Waals surface area contributed by atoms with Gasteiger partial charge in [0.15, 0.2) is 0 Å². The van der Waals surface area contributed by atoms with E-state index in [4.69, 9.17) is 0 Å². The summed E-state index contributed by atoms with van der Waals surface area (Å²) in [6.45, 7) is 4.30. The number of nitrogens with one attached hydrogen (secondary N) is 1. The lowest BCUT2D eigenvalue weighted by atomic mass is 10.2. The zero-order valence-electron chi connectivity index (χ0n) is 9.00. The van der Waals surface area contributed by atoms with E-state index >= 15 is 0 Å². The third-order valence-corrected chi connectivity index (χ3v) is 3.19. The Hall–Kier alpha value is -0.760. The molecule has 0 bridgehead atoms. The Balaban J connectivity index is 1.84. The molecule has 0 amide bonds. The largest absolute Gasteiger partial charge is 0.351 e. The van der Waals surface area contributed by atoms with Gasteiger partial charge in [0, 0.05) is 31.0 Å². The molecular formula is C12H20N2. The summed E-state index contributed by atoms with van der Waals surface area (Å²) in [6.07, 6.45) is 7.71. The first kappa shape index (κ1) is 9.78. The molecule has 0 spiro atoms. The van der Waals surface area contributed by atoms with E-state index in [0.29, 0.717) is 0 Å². The highest BCUT2D eigenvalue weighted by Crippen LogP contribution is 2.18. The molecule has 1 N–H and O–H groups in total. The van der Waals surface area contributed by atoms with Crippen molar-refractivity contribution >= 4 is 0 Å². The number of aromatic nitrogens is 1. The maximum Gasteiger partial charge on any atom is 0.0361 e. The topological polar surface area (TPSA) is 17.0 Å². The van der Waals surface area contributed by atoms with Gasteiger partial charge in [0.25, 0.3) is 0 Å². The van der Waals surface area contributed by atoms with Crippen LogP contribution in [0.5, 0.6) is 0 Å². The standard InChI is InChI=1S/C12H20N2/c1-2-14-9-5-8-12(14)10-13-11-6-3-4-7-11/h5,8-9,11,13H,2-4,6-7,10H2,1H3. The van der Waals surface area contributed by atoms with Crippen LogP contribution in [0.2, 0.25) is 0 Å². The molecule has 1 saturated carbocycles. The minimum atomic E-state index is 0.773. The fraction of sp³-hybridized carbons (Fsp3) is 0.667. The van der Waals surface area contributed by atoms with Crippen LogP contribution in [0.1, 0.15) is 38.3 Å². The minimum Gasteiger partial charge on any atom is -0.351 e. The molecule has 0 aromatic carbocycles. The van der Waals surface area contributed by atoms with E-state index < -0.39 is 0 Å². The fourth-order valence-corrected chi connectivity index (χ4v) is 2.30. The van der Waals surface area contributed by atoms with Crippen molar-refractivity contribution in [2.24, 2.45) is 0 Å². The van der Waals surface area contributed by atoms with Gasteiger partial charge in [0.1, 0.15) is 0 Å². The van der Waals surface area contributed by atoms with Crippen molar-refractivity contribution in [3.63, 3.8) is 0 Å². The van der Waals surface area contributed by atoms with Gasteiger partial charge in [-0.3, -0.25) is 0 Å². The first-order valence-electron chi connectivity index (χ1n) is 5.77. The molecule has 2 rings (SSSR count). The van der Waals surface area contributed by atoms with Crippen molar-refractivity contribution in [1.29, 1.82) is 0 Å².